The second-order valence-corrected chi connectivity index (χ2v) is 13.8. The number of ketones is 1. The zero-order chi connectivity index (χ0) is 38.6. The fourth-order valence-electron chi connectivity index (χ4n) is 3.85. The lowest BCUT2D eigenvalue weighted by Crippen LogP contribution is -2.60. The zero-order valence-corrected chi connectivity index (χ0v) is 31.3. The number of urea groups is 1. The van der Waals surface area contributed by atoms with Crippen LogP contribution in [0, 0.1) is 11.3 Å². The summed E-state index contributed by atoms with van der Waals surface area (Å²) in [7, 11) is 0. The molecule has 1 saturated heterocycles. The van der Waals surface area contributed by atoms with Crippen LogP contribution >= 0.6 is 0 Å². The van der Waals surface area contributed by atoms with E-state index >= 15 is 0 Å². The Morgan fingerprint density at radius 2 is 1.40 bits per heavy atom. The molecule has 5 amide bonds. The SMILES string of the molecule is CC.CC(C)(C)OC(=O)CNC(=O)NC(C(=O)N1CCCC1C(=O)NC(CCC(F)(F)F)C(=O)C(N)=O)C(C)(C)C.CC(C)C.CCC. The Balaban J connectivity index is -0.00000201. The van der Waals surface area contributed by atoms with E-state index in [-0.39, 0.29) is 13.0 Å². The molecule has 5 N–H and O–H groups in total. The summed E-state index contributed by atoms with van der Waals surface area (Å²) in [6, 6.07) is -4.99. The van der Waals surface area contributed by atoms with Gasteiger partial charge < -0.3 is 31.3 Å². The maximum Gasteiger partial charge on any atom is 0.389 e. The number of hydrogen-bond acceptors (Lipinski definition) is 7. The van der Waals surface area contributed by atoms with Crippen LogP contribution in [0.1, 0.15) is 122 Å². The van der Waals surface area contributed by atoms with Crippen molar-refractivity contribution in [3.05, 3.63) is 0 Å². The molecule has 1 fully saturated rings. The van der Waals surface area contributed by atoms with Crippen LogP contribution in [-0.4, -0.2) is 83.4 Å². The van der Waals surface area contributed by atoms with Gasteiger partial charge in [0.2, 0.25) is 17.6 Å². The van der Waals surface area contributed by atoms with Gasteiger partial charge >= 0.3 is 18.2 Å². The molecule has 0 aliphatic carbocycles. The molecule has 3 unspecified atom stereocenters. The zero-order valence-electron chi connectivity index (χ0n) is 31.3. The Labute approximate surface area is 285 Å². The number of rotatable bonds is 10. The fourth-order valence-corrected chi connectivity index (χ4v) is 3.85. The minimum atomic E-state index is -4.65. The number of amides is 5. The number of halogens is 3. The van der Waals surface area contributed by atoms with E-state index < -0.39 is 90.2 Å². The van der Waals surface area contributed by atoms with Crippen molar-refractivity contribution in [1.29, 1.82) is 0 Å². The summed E-state index contributed by atoms with van der Waals surface area (Å²) in [6.45, 7) is 24.3. The number of ether oxygens (including phenoxy) is 1. The monoisotopic (exact) mass is 697 g/mol. The summed E-state index contributed by atoms with van der Waals surface area (Å²) < 4.78 is 43.2. The van der Waals surface area contributed by atoms with Crippen molar-refractivity contribution < 1.29 is 46.7 Å². The highest BCUT2D eigenvalue weighted by Crippen LogP contribution is 2.27. The number of esters is 1. The quantitative estimate of drug-likeness (QED) is 0.183. The average Bonchev–Trinajstić information content (AvgIpc) is 3.41. The van der Waals surface area contributed by atoms with Gasteiger partial charge in [-0.15, -0.1) is 0 Å². The van der Waals surface area contributed by atoms with Crippen LogP contribution in [0.5, 0.6) is 0 Å². The molecular weight excluding hydrogens is 635 g/mol. The summed E-state index contributed by atoms with van der Waals surface area (Å²) in [4.78, 5) is 75.3. The van der Waals surface area contributed by atoms with Crippen LogP contribution in [0.25, 0.3) is 0 Å². The van der Waals surface area contributed by atoms with Gasteiger partial charge in [-0.2, -0.15) is 13.2 Å². The number of nitrogens with one attached hydrogen (secondary N) is 3. The standard InChI is InChI=1S/C24H38F3N5O7.C4H10.C3H8.C2H6/c1-22(2,3)17(31-21(38)29-12-15(33)39-23(4,5)6)20(37)32-11-7-8-14(32)19(36)30-13(16(34)18(28)35)9-10-24(25,26)27;1-4(2)3;1-3-2;1-2/h13-14,17H,7-12H2,1-6H3,(H2,28,35)(H,30,36)(H2,29,31,38);4H,1-3H3;3H2,1-2H3;1-2H3. The molecule has 0 aromatic heterocycles. The Morgan fingerprint density at radius 1 is 0.917 bits per heavy atom. The number of primary amides is 1. The van der Waals surface area contributed by atoms with Gasteiger partial charge in [-0.1, -0.05) is 75.7 Å². The number of hydrogen-bond donors (Lipinski definition) is 4. The third-order valence-corrected chi connectivity index (χ3v) is 5.63. The molecule has 1 heterocycles. The first-order valence-corrected chi connectivity index (χ1v) is 16.5. The molecule has 1 aliphatic rings. The van der Waals surface area contributed by atoms with Crippen molar-refractivity contribution in [3.63, 3.8) is 0 Å². The average molecular weight is 698 g/mol. The Kier molecular flexibility index (Phi) is 23.5. The minimum Gasteiger partial charge on any atom is -0.459 e. The Morgan fingerprint density at radius 3 is 1.79 bits per heavy atom. The molecule has 0 aromatic carbocycles. The van der Waals surface area contributed by atoms with Crippen molar-refractivity contribution in [2.75, 3.05) is 13.1 Å². The molecule has 48 heavy (non-hydrogen) atoms. The number of likely N-dealkylation sites (tertiary alicyclic amines) is 1. The molecule has 1 rings (SSSR count). The minimum absolute atomic E-state index is 0.0989. The van der Waals surface area contributed by atoms with Crippen LogP contribution in [0.15, 0.2) is 0 Å². The normalized spacial score (nSPS) is 15.5. The molecule has 0 radical (unpaired) electrons. The van der Waals surface area contributed by atoms with Crippen molar-refractivity contribution in [1.82, 2.24) is 20.9 Å². The van der Waals surface area contributed by atoms with E-state index in [0.29, 0.717) is 6.42 Å². The second kappa shape index (κ2) is 23.0. The predicted octanol–water partition coefficient (Wildman–Crippen LogP) is 5.02. The van der Waals surface area contributed by atoms with E-state index in [0.717, 1.165) is 10.8 Å². The summed E-state index contributed by atoms with van der Waals surface area (Å²) >= 11 is 0. The van der Waals surface area contributed by atoms with Crippen molar-refractivity contribution >= 4 is 35.5 Å². The third kappa shape index (κ3) is 23.0. The molecule has 12 nitrogen and oxygen atoms in total. The fraction of sp³-hybridized carbons (Fsp3) is 0.818. The van der Waals surface area contributed by atoms with E-state index in [1.807, 2.05) is 13.8 Å². The number of carbonyl (C=O) groups is 6. The van der Waals surface area contributed by atoms with Gasteiger partial charge in [0.05, 0.1) is 6.04 Å². The third-order valence-electron chi connectivity index (χ3n) is 5.63. The number of carbonyl (C=O) groups excluding carboxylic acids is 6. The smallest absolute Gasteiger partial charge is 0.389 e. The molecule has 0 aromatic rings. The van der Waals surface area contributed by atoms with Crippen LogP contribution in [0.2, 0.25) is 0 Å². The second-order valence-electron chi connectivity index (χ2n) is 13.8. The highest BCUT2D eigenvalue weighted by molar-refractivity contribution is 6.37. The molecule has 15 heteroatoms. The first-order valence-electron chi connectivity index (χ1n) is 16.5. The molecular formula is C33H62F3N5O7. The topological polar surface area (TPSA) is 177 Å². The molecule has 0 saturated carbocycles. The van der Waals surface area contributed by atoms with E-state index in [4.69, 9.17) is 10.5 Å². The summed E-state index contributed by atoms with van der Waals surface area (Å²) in [5.41, 5.74) is 3.30. The largest absolute Gasteiger partial charge is 0.459 e. The lowest BCUT2D eigenvalue weighted by Gasteiger charge is -2.35. The Hall–Kier alpha value is -3.39. The van der Waals surface area contributed by atoms with Gasteiger partial charge in [-0.05, 0) is 51.4 Å². The predicted molar refractivity (Wildman–Crippen MR) is 180 cm³/mol. The molecule has 0 spiro atoms. The lowest BCUT2D eigenvalue weighted by molar-refractivity contribution is -0.153. The van der Waals surface area contributed by atoms with Crippen LogP contribution < -0.4 is 21.7 Å². The number of Topliss-reactive ketones (excluding diaryl/α,β-unsaturated/α-hetero) is 1. The van der Waals surface area contributed by atoms with Crippen molar-refractivity contribution in [3.8, 4) is 0 Å². The van der Waals surface area contributed by atoms with E-state index in [1.165, 1.54) is 6.42 Å². The van der Waals surface area contributed by atoms with Gasteiger partial charge in [-0.25, -0.2) is 4.79 Å². The highest BCUT2D eigenvalue weighted by Gasteiger charge is 2.43. The van der Waals surface area contributed by atoms with Gasteiger partial charge in [0.25, 0.3) is 5.91 Å². The molecule has 282 valence electrons. The lowest BCUT2D eigenvalue weighted by atomic mass is 9.85. The Bertz CT molecular complexity index is 1020. The van der Waals surface area contributed by atoms with Crippen LogP contribution in [0.3, 0.4) is 0 Å². The number of alkyl halides is 3. The first kappa shape index (κ1) is 49.0. The van der Waals surface area contributed by atoms with Crippen LogP contribution in [-0.2, 0) is 28.7 Å². The maximum atomic E-state index is 13.5. The van der Waals surface area contributed by atoms with Gasteiger partial charge in [0.1, 0.15) is 24.2 Å². The van der Waals surface area contributed by atoms with Gasteiger partial charge in [0, 0.05) is 13.0 Å². The first-order chi connectivity index (χ1) is 21.8. The number of nitrogens with zero attached hydrogens (tertiary/aromatic N) is 1. The van der Waals surface area contributed by atoms with E-state index in [2.05, 4.69) is 50.6 Å². The van der Waals surface area contributed by atoms with E-state index in [9.17, 15) is 41.9 Å². The number of nitrogens with two attached hydrogens (primary N) is 1. The van der Waals surface area contributed by atoms with Crippen molar-refractivity contribution in [2.24, 2.45) is 17.1 Å². The van der Waals surface area contributed by atoms with Crippen molar-refractivity contribution in [2.45, 2.75) is 152 Å². The highest BCUT2D eigenvalue weighted by atomic mass is 19.4. The summed E-state index contributed by atoms with van der Waals surface area (Å²) in [5, 5.41) is 6.95. The van der Waals surface area contributed by atoms with E-state index in [1.54, 1.807) is 41.5 Å². The molecule has 1 aliphatic heterocycles. The molecule has 0 bridgehead atoms. The van der Waals surface area contributed by atoms with Crippen LogP contribution in [0.4, 0.5) is 18.0 Å². The summed E-state index contributed by atoms with van der Waals surface area (Å²) in [5.74, 6) is -4.33. The molecule has 3 atom stereocenters. The van der Waals surface area contributed by atoms with Gasteiger partial charge in [-0.3, -0.25) is 24.0 Å². The maximum absolute atomic E-state index is 13.5. The van der Waals surface area contributed by atoms with Gasteiger partial charge in [0.15, 0.2) is 0 Å². The summed E-state index contributed by atoms with van der Waals surface area (Å²) in [6.07, 6.45) is -5.25.